The molecule has 5 nitrogen and oxygen atoms in total. The van der Waals surface area contributed by atoms with E-state index in [1.54, 1.807) is 20.3 Å². The zero-order valence-corrected chi connectivity index (χ0v) is 22.3. The number of allylic oxidation sites excluding steroid dienone is 2. The quantitative estimate of drug-likeness (QED) is 0.366. The van der Waals surface area contributed by atoms with Gasteiger partial charge in [0.15, 0.2) is 5.78 Å². The molecule has 0 heterocycles. The van der Waals surface area contributed by atoms with Gasteiger partial charge in [-0.15, -0.1) is 0 Å². The van der Waals surface area contributed by atoms with Gasteiger partial charge < -0.3 is 14.8 Å². The summed E-state index contributed by atoms with van der Waals surface area (Å²) in [6.07, 6.45) is 8.20. The van der Waals surface area contributed by atoms with E-state index in [9.17, 15) is 9.59 Å². The summed E-state index contributed by atoms with van der Waals surface area (Å²) < 4.78 is 10.9. The third-order valence-electron chi connectivity index (χ3n) is 6.69. The normalized spacial score (nSPS) is 17.4. The summed E-state index contributed by atoms with van der Waals surface area (Å²) in [5.41, 5.74) is 1.95. The lowest BCUT2D eigenvalue weighted by Crippen LogP contribution is -2.20. The SMILES string of the molecule is CNCCC(C)(C)CCCC(=O)CC1CC(c2ccc(OC)cc2OC)=CC(=O)CCCC1=S. The fourth-order valence-electron chi connectivity index (χ4n) is 4.51. The average molecular weight is 488 g/mol. The molecule has 0 aromatic heterocycles. The molecule has 1 N–H and O–H groups in total. The molecule has 0 aliphatic heterocycles. The first-order chi connectivity index (χ1) is 16.2. The third-order valence-corrected chi connectivity index (χ3v) is 7.23. The number of thiocarbonyl (C=S) groups is 1. The van der Waals surface area contributed by atoms with Crippen molar-refractivity contribution in [1.82, 2.24) is 5.32 Å². The number of ether oxygens (including phenoxy) is 2. The molecule has 1 aromatic rings. The van der Waals surface area contributed by atoms with Crippen molar-refractivity contribution in [3.8, 4) is 11.5 Å². The van der Waals surface area contributed by atoms with Crippen LogP contribution in [0.15, 0.2) is 24.3 Å². The van der Waals surface area contributed by atoms with Crippen LogP contribution >= 0.6 is 12.2 Å². The molecule has 0 spiro atoms. The van der Waals surface area contributed by atoms with Crippen LogP contribution < -0.4 is 14.8 Å². The van der Waals surface area contributed by atoms with Crippen LogP contribution in [0.5, 0.6) is 11.5 Å². The summed E-state index contributed by atoms with van der Waals surface area (Å²) in [4.78, 5) is 26.4. The molecule has 0 saturated carbocycles. The van der Waals surface area contributed by atoms with Gasteiger partial charge in [0.25, 0.3) is 0 Å². The number of hydrogen-bond donors (Lipinski definition) is 1. The minimum Gasteiger partial charge on any atom is -0.497 e. The molecule has 6 heteroatoms. The highest BCUT2D eigenvalue weighted by Gasteiger charge is 2.25. The maximum atomic E-state index is 13.0. The number of rotatable bonds is 12. The van der Waals surface area contributed by atoms with Crippen molar-refractivity contribution >= 4 is 34.2 Å². The lowest BCUT2D eigenvalue weighted by Gasteiger charge is -2.24. The van der Waals surface area contributed by atoms with E-state index in [4.69, 9.17) is 21.7 Å². The van der Waals surface area contributed by atoms with E-state index < -0.39 is 0 Å². The minimum atomic E-state index is -0.0521. The lowest BCUT2D eigenvalue weighted by atomic mass is 9.82. The number of carbonyl (C=O) groups excluding carboxylic acids is 2. The van der Waals surface area contributed by atoms with Crippen molar-refractivity contribution < 1.29 is 19.1 Å². The number of hydrogen-bond acceptors (Lipinski definition) is 6. The van der Waals surface area contributed by atoms with Crippen LogP contribution in [0.1, 0.15) is 77.2 Å². The van der Waals surface area contributed by atoms with Crippen LogP contribution in [0.2, 0.25) is 0 Å². The molecule has 188 valence electrons. The summed E-state index contributed by atoms with van der Waals surface area (Å²) in [7, 11) is 5.19. The highest BCUT2D eigenvalue weighted by atomic mass is 32.1. The maximum Gasteiger partial charge on any atom is 0.155 e. The van der Waals surface area contributed by atoms with Crippen molar-refractivity contribution in [1.29, 1.82) is 0 Å². The Morgan fingerprint density at radius 3 is 2.62 bits per heavy atom. The van der Waals surface area contributed by atoms with E-state index in [1.807, 2.05) is 25.2 Å². The molecule has 1 aromatic carbocycles. The van der Waals surface area contributed by atoms with E-state index in [-0.39, 0.29) is 22.9 Å². The molecule has 34 heavy (non-hydrogen) atoms. The Morgan fingerprint density at radius 1 is 1.18 bits per heavy atom. The van der Waals surface area contributed by atoms with Crippen molar-refractivity contribution in [2.75, 3.05) is 27.8 Å². The number of ketones is 2. The van der Waals surface area contributed by atoms with Crippen LogP contribution in [0.25, 0.3) is 5.57 Å². The zero-order chi connectivity index (χ0) is 25.1. The Hall–Kier alpha value is -2.05. The van der Waals surface area contributed by atoms with Crippen LogP contribution in [0.3, 0.4) is 0 Å². The van der Waals surface area contributed by atoms with Gasteiger partial charge >= 0.3 is 0 Å². The fraction of sp³-hybridized carbons (Fsp3) is 0.607. The molecule has 1 atom stereocenters. The highest BCUT2D eigenvalue weighted by molar-refractivity contribution is 7.80. The summed E-state index contributed by atoms with van der Waals surface area (Å²) in [6.45, 7) is 5.51. The molecule has 0 fully saturated rings. The summed E-state index contributed by atoms with van der Waals surface area (Å²) in [5.74, 6) is 1.63. The molecular formula is C28H41NO4S. The van der Waals surface area contributed by atoms with Crippen molar-refractivity contribution in [2.45, 2.75) is 71.6 Å². The van der Waals surface area contributed by atoms with Gasteiger partial charge in [-0.2, -0.15) is 0 Å². The molecule has 0 radical (unpaired) electrons. The highest BCUT2D eigenvalue weighted by Crippen LogP contribution is 2.36. The Kier molecular flexibility index (Phi) is 11.4. The van der Waals surface area contributed by atoms with Crippen LogP contribution in [-0.2, 0) is 9.59 Å². The molecule has 1 unspecified atom stereocenters. The number of methoxy groups -OCH3 is 2. The van der Waals surface area contributed by atoms with Gasteiger partial charge in [-0.3, -0.25) is 9.59 Å². The average Bonchev–Trinajstić information content (AvgIpc) is 2.86. The Bertz CT molecular complexity index is 890. The van der Waals surface area contributed by atoms with Gasteiger partial charge in [-0.1, -0.05) is 26.1 Å². The van der Waals surface area contributed by atoms with Crippen LogP contribution in [-0.4, -0.2) is 44.2 Å². The van der Waals surface area contributed by atoms with E-state index in [2.05, 4.69) is 19.2 Å². The van der Waals surface area contributed by atoms with E-state index in [1.165, 1.54) is 0 Å². The summed E-state index contributed by atoms with van der Waals surface area (Å²) in [6, 6.07) is 5.61. The molecule has 1 aliphatic carbocycles. The van der Waals surface area contributed by atoms with Gasteiger partial charge in [-0.25, -0.2) is 0 Å². The molecular weight excluding hydrogens is 446 g/mol. The number of benzene rings is 1. The molecule has 0 saturated heterocycles. The second kappa shape index (κ2) is 13.7. The maximum absolute atomic E-state index is 13.0. The van der Waals surface area contributed by atoms with Gasteiger partial charge in [-0.05, 0) is 86.2 Å². The minimum absolute atomic E-state index is 0.0521. The van der Waals surface area contributed by atoms with Gasteiger partial charge in [0.1, 0.15) is 17.3 Å². The smallest absolute Gasteiger partial charge is 0.155 e. The topological polar surface area (TPSA) is 64.6 Å². The lowest BCUT2D eigenvalue weighted by molar-refractivity contribution is -0.119. The first-order valence-corrected chi connectivity index (χ1v) is 12.7. The first-order valence-electron chi connectivity index (χ1n) is 12.3. The fourth-order valence-corrected chi connectivity index (χ4v) is 4.82. The van der Waals surface area contributed by atoms with Crippen molar-refractivity contribution in [3.63, 3.8) is 0 Å². The standard InChI is InChI=1S/C28H41NO4S/c1-28(2,14-15-29-3)13-7-9-23(31)18-21-16-20(17-22(30)8-6-10-27(21)34)25-12-11-24(32-4)19-26(25)33-5/h11-12,17,19,21,29H,6-10,13-16,18H2,1-5H3. The van der Waals surface area contributed by atoms with Crippen LogP contribution in [0.4, 0.5) is 0 Å². The van der Waals surface area contributed by atoms with Crippen LogP contribution in [0, 0.1) is 11.3 Å². The Balaban J connectivity index is 2.15. The molecule has 0 amide bonds. The number of Topliss-reactive ketones (excluding diaryl/α,β-unsaturated/α-hetero) is 1. The zero-order valence-electron chi connectivity index (χ0n) is 21.5. The predicted octanol–water partition coefficient (Wildman–Crippen LogP) is 5.98. The Labute approximate surface area is 210 Å². The van der Waals surface area contributed by atoms with Crippen molar-refractivity contribution in [3.05, 3.63) is 29.8 Å². The largest absolute Gasteiger partial charge is 0.497 e. The third kappa shape index (κ3) is 8.95. The van der Waals surface area contributed by atoms with E-state index in [0.717, 1.165) is 48.2 Å². The van der Waals surface area contributed by atoms with Gasteiger partial charge in [0, 0.05) is 36.8 Å². The summed E-state index contributed by atoms with van der Waals surface area (Å²) in [5, 5.41) is 3.21. The van der Waals surface area contributed by atoms with Gasteiger partial charge in [0.05, 0.1) is 14.2 Å². The molecule has 0 bridgehead atoms. The predicted molar refractivity (Wildman–Crippen MR) is 143 cm³/mol. The second-order valence-corrected chi connectivity index (χ2v) is 10.6. The second-order valence-electron chi connectivity index (χ2n) is 10.0. The molecule has 1 aliphatic rings. The monoisotopic (exact) mass is 487 g/mol. The van der Waals surface area contributed by atoms with Gasteiger partial charge in [0.2, 0.25) is 0 Å². The molecule has 2 rings (SSSR count). The van der Waals surface area contributed by atoms with E-state index in [0.29, 0.717) is 43.6 Å². The summed E-state index contributed by atoms with van der Waals surface area (Å²) >= 11 is 5.77. The van der Waals surface area contributed by atoms with Crippen molar-refractivity contribution in [2.24, 2.45) is 11.3 Å². The van der Waals surface area contributed by atoms with E-state index >= 15 is 0 Å². The number of nitrogens with one attached hydrogen (secondary N) is 1. The number of carbonyl (C=O) groups is 2. The first kappa shape index (κ1) is 28.2. The Morgan fingerprint density at radius 2 is 1.94 bits per heavy atom.